The quantitative estimate of drug-likeness (QED) is 0.845. The summed E-state index contributed by atoms with van der Waals surface area (Å²) < 4.78 is 23.0. The van der Waals surface area contributed by atoms with Crippen molar-refractivity contribution in [1.82, 2.24) is 5.32 Å². The number of carbonyl (C=O) groups is 1. The monoisotopic (exact) mass is 299 g/mol. The van der Waals surface area contributed by atoms with Crippen LogP contribution in [-0.4, -0.2) is 31.9 Å². The van der Waals surface area contributed by atoms with Crippen LogP contribution in [0.1, 0.15) is 46.5 Å². The third-order valence-electron chi connectivity index (χ3n) is 6.71. The van der Waals surface area contributed by atoms with Crippen molar-refractivity contribution < 1.29 is 13.2 Å². The summed E-state index contributed by atoms with van der Waals surface area (Å²) in [5, 5.41) is 3.18. The molecule has 0 aromatic carbocycles. The Bertz CT molecular complexity index is 539. The predicted molar refractivity (Wildman–Crippen MR) is 77.9 cm³/mol. The normalized spacial score (nSPS) is 44.6. The number of carbonyl (C=O) groups excluding carboxylic acids is 1. The topological polar surface area (TPSA) is 63.2 Å². The van der Waals surface area contributed by atoms with Gasteiger partial charge < -0.3 is 5.32 Å². The molecule has 2 saturated carbocycles. The molecule has 0 aromatic rings. The van der Waals surface area contributed by atoms with Gasteiger partial charge in [-0.15, -0.1) is 0 Å². The fourth-order valence-electron chi connectivity index (χ4n) is 4.71. The summed E-state index contributed by atoms with van der Waals surface area (Å²) in [5.74, 6) is 0.521. The molecule has 1 aliphatic heterocycles. The summed E-state index contributed by atoms with van der Waals surface area (Å²) in [6.07, 6.45) is 3.96. The number of fused-ring (bicyclic) bond motifs is 2. The van der Waals surface area contributed by atoms with Crippen molar-refractivity contribution >= 4 is 15.7 Å². The van der Waals surface area contributed by atoms with E-state index in [9.17, 15) is 13.2 Å². The molecule has 0 radical (unpaired) electrons. The first kappa shape index (κ1) is 14.4. The van der Waals surface area contributed by atoms with E-state index in [2.05, 4.69) is 26.1 Å². The molecular weight excluding hydrogens is 274 g/mol. The van der Waals surface area contributed by atoms with E-state index in [1.54, 1.807) is 0 Å². The largest absolute Gasteiger partial charge is 0.353 e. The lowest BCUT2D eigenvalue weighted by molar-refractivity contribution is -0.126. The fraction of sp³-hybridized carbons (Fsp3) is 0.933. The zero-order chi connectivity index (χ0) is 14.8. The first-order valence-corrected chi connectivity index (χ1v) is 9.49. The molecule has 0 spiro atoms. The SMILES string of the molecule is CC1(C)C2CCC1(C)C(NC(=O)C1CCS(=O)(=O)C1)C2. The zero-order valence-corrected chi connectivity index (χ0v) is 13.4. The van der Waals surface area contributed by atoms with Crippen molar-refractivity contribution in [2.24, 2.45) is 22.7 Å². The van der Waals surface area contributed by atoms with Gasteiger partial charge in [0.2, 0.25) is 5.91 Å². The third-order valence-corrected chi connectivity index (χ3v) is 8.48. The van der Waals surface area contributed by atoms with Gasteiger partial charge in [0.1, 0.15) is 0 Å². The second kappa shape index (κ2) is 4.21. The van der Waals surface area contributed by atoms with Crippen molar-refractivity contribution in [3.8, 4) is 0 Å². The Hall–Kier alpha value is -0.580. The highest BCUT2D eigenvalue weighted by molar-refractivity contribution is 7.91. The summed E-state index contributed by atoms with van der Waals surface area (Å²) in [7, 11) is -2.98. The molecule has 3 aliphatic rings. The van der Waals surface area contributed by atoms with Gasteiger partial charge in [0, 0.05) is 6.04 Å². The minimum Gasteiger partial charge on any atom is -0.353 e. The highest BCUT2D eigenvalue weighted by atomic mass is 32.2. The Labute approximate surface area is 121 Å². The van der Waals surface area contributed by atoms with Gasteiger partial charge in [0.15, 0.2) is 9.84 Å². The number of hydrogen-bond donors (Lipinski definition) is 1. The van der Waals surface area contributed by atoms with E-state index in [1.165, 1.54) is 12.8 Å². The highest BCUT2D eigenvalue weighted by Gasteiger charge is 2.61. The van der Waals surface area contributed by atoms with Crippen molar-refractivity contribution in [3.05, 3.63) is 0 Å². The van der Waals surface area contributed by atoms with E-state index in [0.717, 1.165) is 6.42 Å². The van der Waals surface area contributed by atoms with Gasteiger partial charge in [0.05, 0.1) is 17.4 Å². The van der Waals surface area contributed by atoms with Gasteiger partial charge >= 0.3 is 0 Å². The molecule has 0 aromatic heterocycles. The van der Waals surface area contributed by atoms with Crippen LogP contribution < -0.4 is 5.32 Å². The lowest BCUT2D eigenvalue weighted by atomic mass is 9.69. The Morgan fingerprint density at radius 2 is 1.90 bits per heavy atom. The average molecular weight is 299 g/mol. The molecule has 4 unspecified atom stereocenters. The van der Waals surface area contributed by atoms with Crippen LogP contribution in [0.4, 0.5) is 0 Å². The molecule has 4 nitrogen and oxygen atoms in total. The van der Waals surface area contributed by atoms with Crippen LogP contribution >= 0.6 is 0 Å². The maximum Gasteiger partial charge on any atom is 0.224 e. The van der Waals surface area contributed by atoms with Gasteiger partial charge in [-0.3, -0.25) is 4.79 Å². The number of rotatable bonds is 2. The molecular formula is C15H25NO3S. The Morgan fingerprint density at radius 3 is 2.35 bits per heavy atom. The van der Waals surface area contributed by atoms with Crippen LogP contribution in [0.5, 0.6) is 0 Å². The first-order chi connectivity index (χ1) is 9.16. The van der Waals surface area contributed by atoms with Crippen LogP contribution in [0.3, 0.4) is 0 Å². The maximum absolute atomic E-state index is 12.3. The smallest absolute Gasteiger partial charge is 0.224 e. The Balaban J connectivity index is 1.70. The van der Waals surface area contributed by atoms with Crippen molar-refractivity contribution in [2.45, 2.75) is 52.5 Å². The van der Waals surface area contributed by atoms with Crippen LogP contribution in [-0.2, 0) is 14.6 Å². The van der Waals surface area contributed by atoms with Gasteiger partial charge in [0.25, 0.3) is 0 Å². The number of sulfone groups is 1. The van der Waals surface area contributed by atoms with Crippen LogP contribution in [0.15, 0.2) is 0 Å². The van der Waals surface area contributed by atoms with Gasteiger partial charge in [-0.25, -0.2) is 8.42 Å². The molecule has 5 heteroatoms. The van der Waals surface area contributed by atoms with Crippen molar-refractivity contribution in [3.63, 3.8) is 0 Å². The van der Waals surface area contributed by atoms with Crippen LogP contribution in [0.2, 0.25) is 0 Å². The summed E-state index contributed by atoms with van der Waals surface area (Å²) in [6.45, 7) is 6.92. The Morgan fingerprint density at radius 1 is 1.20 bits per heavy atom. The minimum atomic E-state index is -2.98. The van der Waals surface area contributed by atoms with E-state index in [4.69, 9.17) is 0 Å². The average Bonchev–Trinajstić information content (AvgIpc) is 2.87. The molecule has 3 rings (SSSR count). The van der Waals surface area contributed by atoms with Crippen LogP contribution in [0.25, 0.3) is 0 Å². The van der Waals surface area contributed by atoms with Gasteiger partial charge in [-0.1, -0.05) is 20.8 Å². The molecule has 2 bridgehead atoms. The van der Waals surface area contributed by atoms with E-state index in [1.807, 2.05) is 0 Å². The molecule has 1 amide bonds. The molecule has 3 fully saturated rings. The molecule has 1 saturated heterocycles. The lowest BCUT2D eigenvalue weighted by Gasteiger charge is -2.39. The minimum absolute atomic E-state index is 0.0368. The summed E-state index contributed by atoms with van der Waals surface area (Å²) in [5.41, 5.74) is 0.428. The van der Waals surface area contributed by atoms with Crippen molar-refractivity contribution in [1.29, 1.82) is 0 Å². The summed E-state index contributed by atoms with van der Waals surface area (Å²) in [6, 6.07) is 0.215. The fourth-order valence-corrected chi connectivity index (χ4v) is 6.45. The summed E-state index contributed by atoms with van der Waals surface area (Å²) in [4.78, 5) is 12.3. The number of amides is 1. The first-order valence-electron chi connectivity index (χ1n) is 7.66. The molecule has 114 valence electrons. The molecule has 2 aliphatic carbocycles. The van der Waals surface area contributed by atoms with E-state index in [-0.39, 0.29) is 40.2 Å². The van der Waals surface area contributed by atoms with E-state index >= 15 is 0 Å². The molecule has 4 atom stereocenters. The zero-order valence-electron chi connectivity index (χ0n) is 12.6. The second-order valence-electron chi connectivity index (χ2n) is 7.77. The van der Waals surface area contributed by atoms with Crippen LogP contribution in [0, 0.1) is 22.7 Å². The molecule has 1 N–H and O–H groups in total. The maximum atomic E-state index is 12.3. The second-order valence-corrected chi connectivity index (χ2v) is 10.0. The van der Waals surface area contributed by atoms with Gasteiger partial charge in [-0.2, -0.15) is 0 Å². The lowest BCUT2D eigenvalue weighted by Crippen LogP contribution is -2.48. The van der Waals surface area contributed by atoms with Gasteiger partial charge in [-0.05, 0) is 42.4 Å². The standard InChI is InChI=1S/C15H25NO3S/c1-14(2)11-4-6-15(14,3)12(8-11)16-13(17)10-5-7-20(18,19)9-10/h10-12H,4-9H2,1-3H3,(H,16,17). The predicted octanol–water partition coefficient (Wildman–Crippen LogP) is 1.75. The number of nitrogens with one attached hydrogen (secondary N) is 1. The third kappa shape index (κ3) is 1.92. The highest BCUT2D eigenvalue weighted by Crippen LogP contribution is 2.65. The van der Waals surface area contributed by atoms with Crippen molar-refractivity contribution in [2.75, 3.05) is 11.5 Å². The summed E-state index contributed by atoms with van der Waals surface area (Å²) >= 11 is 0. The molecule has 1 heterocycles. The number of hydrogen-bond acceptors (Lipinski definition) is 3. The van der Waals surface area contributed by atoms with E-state index in [0.29, 0.717) is 12.3 Å². The van der Waals surface area contributed by atoms with E-state index < -0.39 is 9.84 Å². The Kier molecular flexibility index (Phi) is 3.03. The molecule has 20 heavy (non-hydrogen) atoms.